The van der Waals surface area contributed by atoms with E-state index in [2.05, 4.69) is 55.4 Å². The van der Waals surface area contributed by atoms with Crippen LogP contribution in [0.3, 0.4) is 0 Å². The number of likely N-dealkylation sites (N-methyl/N-ethyl adjacent to an activating group) is 2. The zero-order valence-corrected chi connectivity index (χ0v) is 13.6. The summed E-state index contributed by atoms with van der Waals surface area (Å²) in [7, 11) is 3.96. The lowest BCUT2D eigenvalue weighted by Gasteiger charge is -2.17. The van der Waals surface area contributed by atoms with E-state index in [1.807, 2.05) is 32.3 Å². The number of nitrogens with zero attached hydrogens (tertiary/aromatic N) is 3. The number of aryl methyl sites for hydroxylation is 1. The maximum atomic E-state index is 4.35. The molecule has 0 atom stereocenters. The molecule has 20 heavy (non-hydrogen) atoms. The van der Waals surface area contributed by atoms with Crippen LogP contribution in [0.25, 0.3) is 11.3 Å². The van der Waals surface area contributed by atoms with E-state index >= 15 is 0 Å². The second kappa shape index (κ2) is 6.81. The first-order valence-corrected chi connectivity index (χ1v) is 7.37. The van der Waals surface area contributed by atoms with Gasteiger partial charge >= 0.3 is 0 Å². The van der Waals surface area contributed by atoms with Crippen molar-refractivity contribution in [2.45, 2.75) is 6.92 Å². The van der Waals surface area contributed by atoms with Crippen molar-refractivity contribution in [3.63, 3.8) is 0 Å². The number of hydrogen-bond donors (Lipinski definition) is 1. The van der Waals surface area contributed by atoms with Crippen molar-refractivity contribution in [1.29, 1.82) is 0 Å². The van der Waals surface area contributed by atoms with Gasteiger partial charge in [0.1, 0.15) is 0 Å². The Morgan fingerprint density at radius 2 is 2.00 bits per heavy atom. The molecule has 4 nitrogen and oxygen atoms in total. The van der Waals surface area contributed by atoms with Gasteiger partial charge in [-0.15, -0.1) is 10.2 Å². The van der Waals surface area contributed by atoms with E-state index in [0.717, 1.165) is 34.6 Å². The lowest BCUT2D eigenvalue weighted by molar-refractivity contribution is 0.756. The fourth-order valence-electron chi connectivity index (χ4n) is 1.94. The van der Waals surface area contributed by atoms with Crippen LogP contribution in [0.15, 0.2) is 34.8 Å². The molecule has 1 heterocycles. The summed E-state index contributed by atoms with van der Waals surface area (Å²) >= 11 is 3.50. The van der Waals surface area contributed by atoms with Gasteiger partial charge in [-0.3, -0.25) is 0 Å². The average Bonchev–Trinajstić information content (AvgIpc) is 2.47. The maximum Gasteiger partial charge on any atom is 0.151 e. The molecule has 1 N–H and O–H groups in total. The second-order valence-electron chi connectivity index (χ2n) is 4.76. The molecule has 0 spiro atoms. The summed E-state index contributed by atoms with van der Waals surface area (Å²) in [5, 5.41) is 11.8. The van der Waals surface area contributed by atoms with Crippen LogP contribution in [0, 0.1) is 6.92 Å². The van der Waals surface area contributed by atoms with E-state index in [1.54, 1.807) is 0 Å². The van der Waals surface area contributed by atoms with Gasteiger partial charge in [-0.2, -0.15) is 0 Å². The van der Waals surface area contributed by atoms with Crippen LogP contribution in [0.1, 0.15) is 5.56 Å². The number of aromatic nitrogens is 2. The van der Waals surface area contributed by atoms with E-state index in [1.165, 1.54) is 5.56 Å². The normalized spacial score (nSPS) is 10.6. The third-order valence-corrected chi connectivity index (χ3v) is 3.71. The predicted octanol–water partition coefficient (Wildman–Crippen LogP) is 2.87. The van der Waals surface area contributed by atoms with Gasteiger partial charge in [-0.25, -0.2) is 0 Å². The molecule has 1 aromatic heterocycles. The van der Waals surface area contributed by atoms with E-state index in [4.69, 9.17) is 0 Å². The molecule has 0 aliphatic carbocycles. The monoisotopic (exact) mass is 334 g/mol. The highest BCUT2D eigenvalue weighted by atomic mass is 79.9. The highest BCUT2D eigenvalue weighted by molar-refractivity contribution is 9.10. The summed E-state index contributed by atoms with van der Waals surface area (Å²) in [5.41, 5.74) is 3.20. The molecule has 0 saturated heterocycles. The van der Waals surface area contributed by atoms with Crippen molar-refractivity contribution in [3.05, 3.63) is 40.4 Å². The van der Waals surface area contributed by atoms with Crippen molar-refractivity contribution >= 4 is 21.7 Å². The number of nitrogens with one attached hydrogen (secondary N) is 1. The third-order valence-electron chi connectivity index (χ3n) is 3.21. The quantitative estimate of drug-likeness (QED) is 0.912. The first-order chi connectivity index (χ1) is 9.61. The highest BCUT2D eigenvalue weighted by Crippen LogP contribution is 2.25. The molecule has 2 aromatic rings. The molecule has 2 rings (SSSR count). The molecule has 0 bridgehead atoms. The lowest BCUT2D eigenvalue weighted by Crippen LogP contribution is -2.27. The summed E-state index contributed by atoms with van der Waals surface area (Å²) < 4.78 is 1.05. The number of anilines is 1. The van der Waals surface area contributed by atoms with Gasteiger partial charge in [0.2, 0.25) is 0 Å². The first kappa shape index (κ1) is 14.9. The zero-order valence-electron chi connectivity index (χ0n) is 12.0. The molecule has 0 amide bonds. The molecule has 0 aliphatic heterocycles. The van der Waals surface area contributed by atoms with Gasteiger partial charge in [0.25, 0.3) is 0 Å². The Kier molecular flexibility index (Phi) is 5.09. The standard InChI is InChI=1S/C15H19BrN4/c1-11-4-5-12(16)10-13(11)14-6-7-15(19-18-14)20(3)9-8-17-2/h4-7,10,17H,8-9H2,1-3H3. The molecule has 106 valence electrons. The minimum Gasteiger partial charge on any atom is -0.357 e. The maximum absolute atomic E-state index is 4.35. The lowest BCUT2D eigenvalue weighted by atomic mass is 10.1. The second-order valence-corrected chi connectivity index (χ2v) is 5.68. The van der Waals surface area contributed by atoms with Crippen molar-refractivity contribution < 1.29 is 0 Å². The topological polar surface area (TPSA) is 41.0 Å². The van der Waals surface area contributed by atoms with Crippen LogP contribution in [-0.4, -0.2) is 37.4 Å². The minimum atomic E-state index is 0.886. The third kappa shape index (κ3) is 3.55. The molecule has 0 unspecified atom stereocenters. The molecule has 0 aliphatic rings. The zero-order chi connectivity index (χ0) is 14.5. The van der Waals surface area contributed by atoms with Crippen LogP contribution in [-0.2, 0) is 0 Å². The molecule has 0 saturated carbocycles. The van der Waals surface area contributed by atoms with Crippen LogP contribution < -0.4 is 10.2 Å². The molecular formula is C15H19BrN4. The molecule has 0 radical (unpaired) electrons. The Morgan fingerprint density at radius 1 is 1.20 bits per heavy atom. The van der Waals surface area contributed by atoms with Gasteiger partial charge in [-0.05, 0) is 43.8 Å². The Hall–Kier alpha value is -1.46. The molecular weight excluding hydrogens is 316 g/mol. The van der Waals surface area contributed by atoms with Crippen molar-refractivity contribution in [2.75, 3.05) is 32.1 Å². The smallest absolute Gasteiger partial charge is 0.151 e. The van der Waals surface area contributed by atoms with E-state index in [0.29, 0.717) is 0 Å². The highest BCUT2D eigenvalue weighted by Gasteiger charge is 2.07. The number of hydrogen-bond acceptors (Lipinski definition) is 4. The Labute approximate surface area is 128 Å². The molecule has 0 fully saturated rings. The molecule has 5 heteroatoms. The Morgan fingerprint density at radius 3 is 2.65 bits per heavy atom. The van der Waals surface area contributed by atoms with E-state index in [-0.39, 0.29) is 0 Å². The average molecular weight is 335 g/mol. The van der Waals surface area contributed by atoms with E-state index < -0.39 is 0 Å². The fraction of sp³-hybridized carbons (Fsp3) is 0.333. The van der Waals surface area contributed by atoms with Crippen molar-refractivity contribution in [3.8, 4) is 11.3 Å². The number of rotatable bonds is 5. The van der Waals surface area contributed by atoms with Crippen LogP contribution in [0.5, 0.6) is 0 Å². The van der Waals surface area contributed by atoms with Gasteiger partial charge in [0.15, 0.2) is 5.82 Å². The summed E-state index contributed by atoms with van der Waals surface area (Å²) in [4.78, 5) is 2.08. The van der Waals surface area contributed by atoms with Crippen molar-refractivity contribution in [2.24, 2.45) is 0 Å². The Bertz CT molecular complexity index is 569. The van der Waals surface area contributed by atoms with Gasteiger partial charge in [0, 0.05) is 30.2 Å². The largest absolute Gasteiger partial charge is 0.357 e. The Balaban J connectivity index is 2.21. The molecule has 1 aromatic carbocycles. The summed E-state index contributed by atoms with van der Waals surface area (Å²) in [6, 6.07) is 10.2. The number of halogens is 1. The first-order valence-electron chi connectivity index (χ1n) is 6.58. The van der Waals surface area contributed by atoms with Gasteiger partial charge in [-0.1, -0.05) is 22.0 Å². The van der Waals surface area contributed by atoms with Crippen molar-refractivity contribution in [1.82, 2.24) is 15.5 Å². The van der Waals surface area contributed by atoms with Crippen LogP contribution >= 0.6 is 15.9 Å². The minimum absolute atomic E-state index is 0.886. The summed E-state index contributed by atoms with van der Waals surface area (Å²) in [6.45, 7) is 3.90. The van der Waals surface area contributed by atoms with Crippen LogP contribution in [0.4, 0.5) is 5.82 Å². The van der Waals surface area contributed by atoms with E-state index in [9.17, 15) is 0 Å². The predicted molar refractivity (Wildman–Crippen MR) is 87.1 cm³/mol. The van der Waals surface area contributed by atoms with Gasteiger partial charge < -0.3 is 10.2 Å². The number of benzene rings is 1. The van der Waals surface area contributed by atoms with Gasteiger partial charge in [0.05, 0.1) is 5.69 Å². The SMILES string of the molecule is CNCCN(C)c1ccc(-c2cc(Br)ccc2C)nn1. The summed E-state index contributed by atoms with van der Waals surface area (Å²) in [5.74, 6) is 0.886. The summed E-state index contributed by atoms with van der Waals surface area (Å²) in [6.07, 6.45) is 0. The fourth-order valence-corrected chi connectivity index (χ4v) is 2.30. The van der Waals surface area contributed by atoms with Crippen LogP contribution in [0.2, 0.25) is 0 Å².